The van der Waals surface area contributed by atoms with Crippen molar-refractivity contribution in [3.8, 4) is 0 Å². The van der Waals surface area contributed by atoms with Gasteiger partial charge in [0.2, 0.25) is 11.8 Å². The summed E-state index contributed by atoms with van der Waals surface area (Å²) in [6, 6.07) is 0. The Morgan fingerprint density at radius 1 is 1.31 bits per heavy atom. The first kappa shape index (κ1) is 12.1. The van der Waals surface area contributed by atoms with Crippen LogP contribution in [0.2, 0.25) is 0 Å². The zero-order chi connectivity index (χ0) is 10.6. The molecular weight excluding hydrogens is 166 g/mol. The standard InChI is InChI=1S/C10H19NO2/c1-6-9(7(2)3)10(13)11(5)8(4)12/h7,9H,6H2,1-5H3. The summed E-state index contributed by atoms with van der Waals surface area (Å²) < 4.78 is 0. The molecule has 1 unspecified atom stereocenters. The Balaban J connectivity index is 4.46. The van der Waals surface area contributed by atoms with Gasteiger partial charge in [0.25, 0.3) is 0 Å². The lowest BCUT2D eigenvalue weighted by molar-refractivity contribution is -0.145. The first-order valence-corrected chi connectivity index (χ1v) is 4.69. The number of nitrogens with zero attached hydrogens (tertiary/aromatic N) is 1. The van der Waals surface area contributed by atoms with Gasteiger partial charge in [0.1, 0.15) is 0 Å². The number of imide groups is 1. The molecule has 0 bridgehead atoms. The predicted octanol–water partition coefficient (Wildman–Crippen LogP) is 1.67. The molecule has 0 aromatic rings. The quantitative estimate of drug-likeness (QED) is 0.670. The van der Waals surface area contributed by atoms with Crippen molar-refractivity contribution in [2.75, 3.05) is 7.05 Å². The molecule has 0 saturated carbocycles. The van der Waals surface area contributed by atoms with E-state index >= 15 is 0 Å². The van der Waals surface area contributed by atoms with E-state index in [1.807, 2.05) is 20.8 Å². The van der Waals surface area contributed by atoms with Crippen molar-refractivity contribution >= 4 is 11.8 Å². The fourth-order valence-electron chi connectivity index (χ4n) is 1.34. The lowest BCUT2D eigenvalue weighted by atomic mass is 9.92. The summed E-state index contributed by atoms with van der Waals surface area (Å²) in [4.78, 5) is 23.8. The van der Waals surface area contributed by atoms with E-state index in [0.29, 0.717) is 5.92 Å². The van der Waals surface area contributed by atoms with E-state index in [1.165, 1.54) is 18.9 Å². The minimum absolute atomic E-state index is 0.0334. The molecule has 0 radical (unpaired) electrons. The maximum Gasteiger partial charge on any atom is 0.232 e. The van der Waals surface area contributed by atoms with Crippen LogP contribution < -0.4 is 0 Å². The third kappa shape index (κ3) is 3.17. The molecule has 0 N–H and O–H groups in total. The summed E-state index contributed by atoms with van der Waals surface area (Å²) in [5, 5.41) is 0. The molecule has 1 atom stereocenters. The number of rotatable bonds is 3. The zero-order valence-corrected chi connectivity index (χ0v) is 9.13. The molecular formula is C10H19NO2. The average Bonchev–Trinajstić information content (AvgIpc) is 2.03. The van der Waals surface area contributed by atoms with Gasteiger partial charge in [0.05, 0.1) is 0 Å². The Labute approximate surface area is 80.1 Å². The molecule has 0 heterocycles. The van der Waals surface area contributed by atoms with E-state index in [-0.39, 0.29) is 17.7 Å². The summed E-state index contributed by atoms with van der Waals surface area (Å²) in [7, 11) is 1.54. The van der Waals surface area contributed by atoms with Crippen LogP contribution in [0.4, 0.5) is 0 Å². The SMILES string of the molecule is CCC(C(=O)N(C)C(C)=O)C(C)C. The smallest absolute Gasteiger partial charge is 0.232 e. The Hall–Kier alpha value is -0.860. The van der Waals surface area contributed by atoms with E-state index in [9.17, 15) is 9.59 Å². The highest BCUT2D eigenvalue weighted by molar-refractivity contribution is 5.94. The van der Waals surface area contributed by atoms with E-state index in [1.54, 1.807) is 0 Å². The molecule has 0 saturated heterocycles. The van der Waals surface area contributed by atoms with Crippen LogP contribution in [-0.4, -0.2) is 23.8 Å². The Kier molecular flexibility index (Phi) is 4.67. The largest absolute Gasteiger partial charge is 0.286 e. The molecule has 0 rings (SSSR count). The minimum atomic E-state index is -0.191. The van der Waals surface area contributed by atoms with Crippen LogP contribution in [0.15, 0.2) is 0 Å². The van der Waals surface area contributed by atoms with Crippen molar-refractivity contribution in [1.29, 1.82) is 0 Å². The Morgan fingerprint density at radius 2 is 1.77 bits per heavy atom. The van der Waals surface area contributed by atoms with Crippen LogP contribution >= 0.6 is 0 Å². The monoisotopic (exact) mass is 185 g/mol. The normalized spacial score (nSPS) is 12.8. The number of carbonyl (C=O) groups excluding carboxylic acids is 2. The second kappa shape index (κ2) is 5.00. The fourth-order valence-corrected chi connectivity index (χ4v) is 1.34. The minimum Gasteiger partial charge on any atom is -0.286 e. The van der Waals surface area contributed by atoms with Crippen LogP contribution in [0.1, 0.15) is 34.1 Å². The molecule has 0 aliphatic carbocycles. The number of hydrogen-bond acceptors (Lipinski definition) is 2. The van der Waals surface area contributed by atoms with E-state index in [4.69, 9.17) is 0 Å². The molecule has 0 aromatic heterocycles. The number of amides is 2. The lowest BCUT2D eigenvalue weighted by Gasteiger charge is -2.22. The highest BCUT2D eigenvalue weighted by atomic mass is 16.2. The van der Waals surface area contributed by atoms with Gasteiger partial charge in [-0.3, -0.25) is 14.5 Å². The summed E-state index contributed by atoms with van der Waals surface area (Å²) in [6.07, 6.45) is 0.786. The van der Waals surface area contributed by atoms with Crippen molar-refractivity contribution in [3.63, 3.8) is 0 Å². The van der Waals surface area contributed by atoms with Crippen LogP contribution in [0, 0.1) is 11.8 Å². The highest BCUT2D eigenvalue weighted by Crippen LogP contribution is 2.17. The Morgan fingerprint density at radius 3 is 2.00 bits per heavy atom. The molecule has 76 valence electrons. The van der Waals surface area contributed by atoms with Gasteiger partial charge in [0, 0.05) is 19.9 Å². The predicted molar refractivity (Wildman–Crippen MR) is 52.1 cm³/mol. The molecule has 3 nitrogen and oxygen atoms in total. The molecule has 3 heteroatoms. The summed E-state index contributed by atoms with van der Waals surface area (Å²) in [6.45, 7) is 7.38. The average molecular weight is 185 g/mol. The van der Waals surface area contributed by atoms with Gasteiger partial charge in [-0.25, -0.2) is 0 Å². The van der Waals surface area contributed by atoms with Crippen LogP contribution in [0.3, 0.4) is 0 Å². The van der Waals surface area contributed by atoms with Crippen LogP contribution in [0.25, 0.3) is 0 Å². The van der Waals surface area contributed by atoms with E-state index in [0.717, 1.165) is 6.42 Å². The second-order valence-corrected chi connectivity index (χ2v) is 3.68. The Bertz CT molecular complexity index is 199. The molecule has 0 aromatic carbocycles. The van der Waals surface area contributed by atoms with Gasteiger partial charge in [-0.15, -0.1) is 0 Å². The number of carbonyl (C=O) groups is 2. The van der Waals surface area contributed by atoms with Gasteiger partial charge in [-0.2, -0.15) is 0 Å². The first-order chi connectivity index (χ1) is 5.91. The lowest BCUT2D eigenvalue weighted by Crippen LogP contribution is -2.37. The molecule has 0 spiro atoms. The van der Waals surface area contributed by atoms with Gasteiger partial charge in [-0.1, -0.05) is 20.8 Å². The van der Waals surface area contributed by atoms with Gasteiger partial charge in [0.15, 0.2) is 0 Å². The van der Waals surface area contributed by atoms with Crippen molar-refractivity contribution in [1.82, 2.24) is 4.90 Å². The first-order valence-electron chi connectivity index (χ1n) is 4.69. The van der Waals surface area contributed by atoms with Crippen molar-refractivity contribution in [2.45, 2.75) is 34.1 Å². The maximum absolute atomic E-state index is 11.7. The topological polar surface area (TPSA) is 37.4 Å². The molecule has 0 aliphatic heterocycles. The third-order valence-electron chi connectivity index (χ3n) is 2.36. The van der Waals surface area contributed by atoms with E-state index in [2.05, 4.69) is 0 Å². The third-order valence-corrected chi connectivity index (χ3v) is 2.36. The fraction of sp³-hybridized carbons (Fsp3) is 0.800. The summed E-state index contributed by atoms with van der Waals surface area (Å²) in [5.74, 6) is 0.00213. The van der Waals surface area contributed by atoms with E-state index < -0.39 is 0 Å². The van der Waals surface area contributed by atoms with Crippen molar-refractivity contribution < 1.29 is 9.59 Å². The van der Waals surface area contributed by atoms with Crippen molar-refractivity contribution in [2.24, 2.45) is 11.8 Å². The number of hydrogen-bond donors (Lipinski definition) is 0. The molecule has 13 heavy (non-hydrogen) atoms. The molecule has 0 fully saturated rings. The molecule has 0 aliphatic rings. The van der Waals surface area contributed by atoms with Gasteiger partial charge < -0.3 is 0 Å². The van der Waals surface area contributed by atoms with Gasteiger partial charge in [-0.05, 0) is 12.3 Å². The maximum atomic E-state index is 11.7. The zero-order valence-electron chi connectivity index (χ0n) is 9.13. The second-order valence-electron chi connectivity index (χ2n) is 3.68. The molecule has 2 amide bonds. The van der Waals surface area contributed by atoms with Gasteiger partial charge >= 0.3 is 0 Å². The highest BCUT2D eigenvalue weighted by Gasteiger charge is 2.24. The van der Waals surface area contributed by atoms with Crippen molar-refractivity contribution in [3.05, 3.63) is 0 Å². The summed E-state index contributed by atoms with van der Waals surface area (Å²) >= 11 is 0. The van der Waals surface area contributed by atoms with Crippen LogP contribution in [0.5, 0.6) is 0 Å². The van der Waals surface area contributed by atoms with Crippen LogP contribution in [-0.2, 0) is 9.59 Å². The summed E-state index contributed by atoms with van der Waals surface area (Å²) in [5.41, 5.74) is 0.